The van der Waals surface area contributed by atoms with Gasteiger partial charge in [-0.3, -0.25) is 0 Å². The van der Waals surface area contributed by atoms with Crippen LogP contribution in [0.15, 0.2) is 40.6 Å². The Balaban J connectivity index is 2.20. The van der Waals surface area contributed by atoms with Crippen molar-refractivity contribution in [3.63, 3.8) is 0 Å². The van der Waals surface area contributed by atoms with Crippen LogP contribution in [0.4, 0.5) is 5.69 Å². The molecule has 0 atom stereocenters. The zero-order valence-electron chi connectivity index (χ0n) is 8.64. The van der Waals surface area contributed by atoms with Crippen molar-refractivity contribution in [2.75, 3.05) is 5.73 Å². The van der Waals surface area contributed by atoms with Crippen molar-refractivity contribution in [3.8, 4) is 0 Å². The van der Waals surface area contributed by atoms with Crippen LogP contribution < -0.4 is 5.73 Å². The summed E-state index contributed by atoms with van der Waals surface area (Å²) in [6.45, 7) is 1.93. The predicted molar refractivity (Wildman–Crippen MR) is 66.8 cm³/mol. The van der Waals surface area contributed by atoms with Crippen LogP contribution >= 0.6 is 23.4 Å². The summed E-state index contributed by atoms with van der Waals surface area (Å²) in [7, 11) is 0. The van der Waals surface area contributed by atoms with E-state index in [1.807, 2.05) is 19.1 Å². The molecule has 0 aliphatic carbocycles. The first-order valence-electron chi connectivity index (χ1n) is 4.66. The lowest BCUT2D eigenvalue weighted by Crippen LogP contribution is -1.92. The third-order valence-corrected chi connectivity index (χ3v) is 3.14. The summed E-state index contributed by atoms with van der Waals surface area (Å²) in [5.74, 6) is 0. The fourth-order valence-corrected chi connectivity index (χ4v) is 1.96. The van der Waals surface area contributed by atoms with E-state index in [2.05, 4.69) is 9.97 Å². The fraction of sp³-hybridized carbons (Fsp3) is 0.0909. The van der Waals surface area contributed by atoms with Crippen LogP contribution in [0.1, 0.15) is 5.56 Å². The Labute approximate surface area is 103 Å². The third kappa shape index (κ3) is 2.65. The number of aromatic nitrogens is 2. The van der Waals surface area contributed by atoms with Crippen molar-refractivity contribution >= 4 is 29.1 Å². The molecule has 82 valence electrons. The quantitative estimate of drug-likeness (QED) is 0.891. The lowest BCUT2D eigenvalue weighted by molar-refractivity contribution is 1.08. The number of nitrogen functional groups attached to an aromatic ring is 1. The molecule has 3 nitrogen and oxygen atoms in total. The zero-order chi connectivity index (χ0) is 11.5. The van der Waals surface area contributed by atoms with E-state index in [1.54, 1.807) is 18.5 Å². The molecule has 0 saturated carbocycles. The predicted octanol–water partition coefficient (Wildman–Crippen LogP) is 3.17. The minimum atomic E-state index is 0.626. The lowest BCUT2D eigenvalue weighted by atomic mass is 10.3. The first-order valence-corrected chi connectivity index (χ1v) is 5.86. The number of anilines is 1. The maximum Gasteiger partial charge on any atom is 0.104 e. The van der Waals surface area contributed by atoms with Crippen molar-refractivity contribution in [2.45, 2.75) is 17.0 Å². The highest BCUT2D eigenvalue weighted by atomic mass is 35.5. The fourth-order valence-electron chi connectivity index (χ4n) is 1.10. The summed E-state index contributed by atoms with van der Waals surface area (Å²) in [6.07, 6.45) is 3.37. The van der Waals surface area contributed by atoms with E-state index in [9.17, 15) is 0 Å². The Morgan fingerprint density at radius 2 is 1.94 bits per heavy atom. The van der Waals surface area contributed by atoms with Crippen LogP contribution in [0.3, 0.4) is 0 Å². The molecule has 0 saturated heterocycles. The Kier molecular flexibility index (Phi) is 3.31. The number of aryl methyl sites for hydroxylation is 1. The molecule has 0 fully saturated rings. The molecule has 2 rings (SSSR count). The molecule has 0 unspecified atom stereocenters. The highest BCUT2D eigenvalue weighted by molar-refractivity contribution is 7.99. The van der Waals surface area contributed by atoms with Crippen LogP contribution in [-0.4, -0.2) is 9.97 Å². The topological polar surface area (TPSA) is 51.8 Å². The van der Waals surface area contributed by atoms with Gasteiger partial charge in [-0.15, -0.1) is 0 Å². The largest absolute Gasteiger partial charge is 0.398 e. The zero-order valence-corrected chi connectivity index (χ0v) is 10.2. The van der Waals surface area contributed by atoms with Gasteiger partial charge in [-0.25, -0.2) is 9.97 Å². The van der Waals surface area contributed by atoms with Crippen molar-refractivity contribution < 1.29 is 0 Å². The van der Waals surface area contributed by atoms with E-state index in [0.29, 0.717) is 5.02 Å². The number of nitrogens with zero attached hydrogens (tertiary/aromatic N) is 2. The average molecular weight is 252 g/mol. The molecule has 5 heteroatoms. The number of rotatable bonds is 2. The lowest BCUT2D eigenvalue weighted by Gasteiger charge is -2.03. The monoisotopic (exact) mass is 251 g/mol. The number of nitrogens with two attached hydrogens (primary N) is 1. The summed E-state index contributed by atoms with van der Waals surface area (Å²) in [5.41, 5.74) is 7.53. The molecule has 16 heavy (non-hydrogen) atoms. The summed E-state index contributed by atoms with van der Waals surface area (Å²) in [4.78, 5) is 8.44. The molecule has 0 aliphatic rings. The SMILES string of the molecule is Cc1cnc(Sc2ccc(Cl)cn2)cc1N. The minimum Gasteiger partial charge on any atom is -0.398 e. The Morgan fingerprint density at radius 3 is 2.56 bits per heavy atom. The molecule has 2 N–H and O–H groups in total. The third-order valence-electron chi connectivity index (χ3n) is 2.03. The van der Waals surface area contributed by atoms with Gasteiger partial charge in [0.2, 0.25) is 0 Å². The Bertz CT molecular complexity index is 499. The van der Waals surface area contributed by atoms with Crippen LogP contribution in [0, 0.1) is 6.92 Å². The second-order valence-electron chi connectivity index (χ2n) is 3.30. The molecule has 0 aliphatic heterocycles. The maximum absolute atomic E-state index is 5.80. The van der Waals surface area contributed by atoms with Gasteiger partial charge in [-0.05, 0) is 30.7 Å². The van der Waals surface area contributed by atoms with Crippen molar-refractivity contribution in [3.05, 3.63) is 41.2 Å². The molecule has 0 amide bonds. The standard InChI is InChI=1S/C11H10ClN3S/c1-7-5-14-11(4-9(7)13)16-10-3-2-8(12)6-15-10/h2-6H,1H3,(H2,13,14). The van der Waals surface area contributed by atoms with Crippen LogP contribution in [0.2, 0.25) is 5.02 Å². The highest BCUT2D eigenvalue weighted by Gasteiger charge is 2.02. The molecular weight excluding hydrogens is 242 g/mol. The van der Waals surface area contributed by atoms with Gasteiger partial charge in [0, 0.05) is 18.1 Å². The number of hydrogen-bond donors (Lipinski definition) is 1. The highest BCUT2D eigenvalue weighted by Crippen LogP contribution is 2.26. The Morgan fingerprint density at radius 1 is 1.19 bits per heavy atom. The molecule has 0 spiro atoms. The van der Waals surface area contributed by atoms with Gasteiger partial charge in [0.1, 0.15) is 10.1 Å². The van der Waals surface area contributed by atoms with E-state index in [4.69, 9.17) is 17.3 Å². The minimum absolute atomic E-state index is 0.626. The second kappa shape index (κ2) is 4.72. The van der Waals surface area contributed by atoms with Gasteiger partial charge < -0.3 is 5.73 Å². The number of halogens is 1. The molecule has 0 bridgehead atoms. The van der Waals surface area contributed by atoms with Gasteiger partial charge in [-0.1, -0.05) is 23.4 Å². The summed E-state index contributed by atoms with van der Waals surface area (Å²) < 4.78 is 0. The van der Waals surface area contributed by atoms with Crippen LogP contribution in [0.5, 0.6) is 0 Å². The summed E-state index contributed by atoms with van der Waals surface area (Å²) >= 11 is 7.21. The van der Waals surface area contributed by atoms with Gasteiger partial charge in [0.25, 0.3) is 0 Å². The van der Waals surface area contributed by atoms with Crippen molar-refractivity contribution in [1.82, 2.24) is 9.97 Å². The van der Waals surface area contributed by atoms with Crippen molar-refractivity contribution in [2.24, 2.45) is 0 Å². The van der Waals surface area contributed by atoms with E-state index < -0.39 is 0 Å². The maximum atomic E-state index is 5.80. The first-order chi connectivity index (χ1) is 7.65. The second-order valence-corrected chi connectivity index (χ2v) is 4.77. The summed E-state index contributed by atoms with van der Waals surface area (Å²) in [5, 5.41) is 2.30. The van der Waals surface area contributed by atoms with E-state index >= 15 is 0 Å². The molecule has 2 heterocycles. The molecule has 2 aromatic rings. The van der Waals surface area contributed by atoms with E-state index in [0.717, 1.165) is 21.3 Å². The number of hydrogen-bond acceptors (Lipinski definition) is 4. The van der Waals surface area contributed by atoms with Crippen LogP contribution in [-0.2, 0) is 0 Å². The van der Waals surface area contributed by atoms with Crippen LogP contribution in [0.25, 0.3) is 0 Å². The smallest absolute Gasteiger partial charge is 0.104 e. The van der Waals surface area contributed by atoms with E-state index in [1.165, 1.54) is 11.8 Å². The molecule has 0 aromatic carbocycles. The number of pyridine rings is 2. The van der Waals surface area contributed by atoms with Crippen molar-refractivity contribution in [1.29, 1.82) is 0 Å². The van der Waals surface area contributed by atoms with E-state index in [-0.39, 0.29) is 0 Å². The van der Waals surface area contributed by atoms with Gasteiger partial charge >= 0.3 is 0 Å². The normalized spacial score (nSPS) is 10.4. The van der Waals surface area contributed by atoms with Gasteiger partial charge in [-0.2, -0.15) is 0 Å². The Hall–Kier alpha value is -1.26. The first kappa shape index (κ1) is 11.2. The average Bonchev–Trinajstić information content (AvgIpc) is 2.27. The summed E-state index contributed by atoms with van der Waals surface area (Å²) in [6, 6.07) is 5.50. The molecular formula is C11H10ClN3S. The van der Waals surface area contributed by atoms with Gasteiger partial charge in [0.05, 0.1) is 5.02 Å². The molecule has 0 radical (unpaired) electrons. The molecule has 2 aromatic heterocycles. The van der Waals surface area contributed by atoms with Gasteiger partial charge in [0.15, 0.2) is 0 Å².